The van der Waals surface area contributed by atoms with Crippen LogP contribution in [-0.4, -0.2) is 23.2 Å². The van der Waals surface area contributed by atoms with Gasteiger partial charge in [0.1, 0.15) is 7.85 Å². The van der Waals surface area contributed by atoms with Crippen molar-refractivity contribution in [2.75, 3.05) is 0 Å². The zero-order chi connectivity index (χ0) is 13.6. The summed E-state index contributed by atoms with van der Waals surface area (Å²) in [5.41, 5.74) is 5.22. The van der Waals surface area contributed by atoms with E-state index in [0.29, 0.717) is 5.92 Å². The first kappa shape index (κ1) is 12.2. The summed E-state index contributed by atoms with van der Waals surface area (Å²) in [6.45, 7) is 3.69. The first-order chi connectivity index (χ1) is 9.06. The molecule has 19 heavy (non-hydrogen) atoms. The highest BCUT2D eigenvalue weighted by molar-refractivity contribution is 6.36. The van der Waals surface area contributed by atoms with Gasteiger partial charge in [-0.2, -0.15) is 0 Å². The van der Waals surface area contributed by atoms with Gasteiger partial charge in [0.2, 0.25) is 0 Å². The van der Waals surface area contributed by atoms with Gasteiger partial charge in [0.25, 0.3) is 0 Å². The second kappa shape index (κ2) is 4.37. The first-order valence-electron chi connectivity index (χ1n) is 6.72. The number of carbonyl (C=O) groups excluding carboxylic acids is 1. The summed E-state index contributed by atoms with van der Waals surface area (Å²) in [6, 6.07) is 4.05. The van der Waals surface area contributed by atoms with Crippen LogP contribution in [0, 0.1) is 6.92 Å². The van der Waals surface area contributed by atoms with E-state index in [0.717, 1.165) is 16.7 Å². The average Bonchev–Trinajstić information content (AvgIpc) is 3.08. The molecule has 0 amide bonds. The maximum absolute atomic E-state index is 11.7. The van der Waals surface area contributed by atoms with Crippen molar-refractivity contribution in [1.82, 2.24) is 9.55 Å². The lowest BCUT2D eigenvalue weighted by Crippen LogP contribution is -2.16. The topological polar surface area (TPSA) is 34.9 Å². The maximum atomic E-state index is 11.7. The van der Waals surface area contributed by atoms with Crippen molar-refractivity contribution in [1.29, 1.82) is 0 Å². The largest absolute Gasteiger partial charge is 0.306 e. The summed E-state index contributed by atoms with van der Waals surface area (Å²) in [7, 11) is 1.98. The Morgan fingerprint density at radius 2 is 2.16 bits per heavy atom. The lowest BCUT2D eigenvalue weighted by molar-refractivity contribution is 0.101. The minimum absolute atomic E-state index is 0.112. The fourth-order valence-electron chi connectivity index (χ4n) is 2.56. The Morgan fingerprint density at radius 1 is 1.42 bits per heavy atom. The number of aromatic nitrogens is 2. The lowest BCUT2D eigenvalue weighted by Gasteiger charge is -2.11. The summed E-state index contributed by atoms with van der Waals surface area (Å²) in [4.78, 5) is 16.1. The summed E-state index contributed by atoms with van der Waals surface area (Å²) in [6.07, 6.45) is 6.46. The van der Waals surface area contributed by atoms with E-state index in [1.165, 1.54) is 24.1 Å². The number of imidazole rings is 1. The predicted octanol–water partition coefficient (Wildman–Crippen LogP) is 1.52. The Labute approximate surface area is 114 Å². The molecule has 2 aromatic rings. The Kier molecular flexibility index (Phi) is 2.81. The third kappa shape index (κ3) is 2.23. The number of benzene rings is 1. The minimum Gasteiger partial charge on any atom is -0.306 e. The van der Waals surface area contributed by atoms with Crippen LogP contribution in [-0.2, 0) is 0 Å². The van der Waals surface area contributed by atoms with Gasteiger partial charge >= 0.3 is 0 Å². The van der Waals surface area contributed by atoms with Crippen molar-refractivity contribution in [2.24, 2.45) is 0 Å². The molecule has 0 bridgehead atoms. The Hall–Kier alpha value is -1.84. The number of aryl methyl sites for hydroxylation is 1. The van der Waals surface area contributed by atoms with Crippen molar-refractivity contribution >= 4 is 19.1 Å². The van der Waals surface area contributed by atoms with Gasteiger partial charge in [-0.25, -0.2) is 4.98 Å². The molecule has 96 valence electrons. The van der Waals surface area contributed by atoms with Crippen LogP contribution in [0.15, 0.2) is 24.7 Å². The standard InChI is InChI=1S/C15H17BN2O/c1-9-5-13(16)12(10(2)19)6-15(9)18-7-14(17-8-18)11-3-4-11/h5-8,11H,3-4,16H2,1-2H3. The quantitative estimate of drug-likeness (QED) is 0.613. The SMILES string of the molecule is Bc1cc(C)c(-n2cnc(C3CC3)c2)cc1C(C)=O. The molecule has 0 radical (unpaired) electrons. The molecule has 3 rings (SSSR count). The van der Waals surface area contributed by atoms with E-state index >= 15 is 0 Å². The molecule has 3 nitrogen and oxygen atoms in total. The van der Waals surface area contributed by atoms with E-state index in [-0.39, 0.29) is 5.78 Å². The van der Waals surface area contributed by atoms with Gasteiger partial charge in [-0.3, -0.25) is 4.79 Å². The van der Waals surface area contributed by atoms with Crippen LogP contribution in [0.4, 0.5) is 0 Å². The smallest absolute Gasteiger partial charge is 0.159 e. The van der Waals surface area contributed by atoms with Crippen molar-refractivity contribution in [3.8, 4) is 5.69 Å². The van der Waals surface area contributed by atoms with Gasteiger partial charge in [0.05, 0.1) is 17.7 Å². The summed E-state index contributed by atoms with van der Waals surface area (Å²) >= 11 is 0. The molecule has 0 spiro atoms. The van der Waals surface area contributed by atoms with Crippen LogP contribution in [0.25, 0.3) is 5.69 Å². The molecule has 1 saturated carbocycles. The molecule has 1 heterocycles. The second-order valence-corrected chi connectivity index (χ2v) is 5.49. The molecular formula is C15H17BN2O. The Balaban J connectivity index is 2.07. The number of rotatable bonds is 3. The molecule has 0 atom stereocenters. The van der Waals surface area contributed by atoms with Crippen molar-refractivity contribution < 1.29 is 4.79 Å². The van der Waals surface area contributed by atoms with Crippen LogP contribution < -0.4 is 5.46 Å². The third-order valence-corrected chi connectivity index (χ3v) is 3.80. The molecule has 1 aliphatic rings. The molecule has 0 unspecified atom stereocenters. The second-order valence-electron chi connectivity index (χ2n) is 5.49. The Morgan fingerprint density at radius 3 is 2.79 bits per heavy atom. The van der Waals surface area contributed by atoms with Crippen LogP contribution in [0.1, 0.15) is 47.3 Å². The number of ketones is 1. The fraction of sp³-hybridized carbons (Fsp3) is 0.333. The minimum atomic E-state index is 0.112. The normalized spacial score (nSPS) is 14.6. The highest BCUT2D eigenvalue weighted by Crippen LogP contribution is 2.39. The van der Waals surface area contributed by atoms with Gasteiger partial charge in [-0.15, -0.1) is 0 Å². The molecule has 1 aromatic heterocycles. The maximum Gasteiger partial charge on any atom is 0.159 e. The third-order valence-electron chi connectivity index (χ3n) is 3.80. The zero-order valence-electron chi connectivity index (χ0n) is 11.6. The first-order valence-corrected chi connectivity index (χ1v) is 6.72. The van der Waals surface area contributed by atoms with Gasteiger partial charge in [0, 0.05) is 17.7 Å². The lowest BCUT2D eigenvalue weighted by atomic mass is 9.87. The molecule has 0 aliphatic heterocycles. The van der Waals surface area contributed by atoms with Crippen LogP contribution in [0.3, 0.4) is 0 Å². The van der Waals surface area contributed by atoms with Gasteiger partial charge in [0.15, 0.2) is 5.78 Å². The molecule has 0 saturated heterocycles. The van der Waals surface area contributed by atoms with Crippen molar-refractivity contribution in [3.63, 3.8) is 0 Å². The van der Waals surface area contributed by atoms with E-state index in [2.05, 4.69) is 24.2 Å². The van der Waals surface area contributed by atoms with Crippen molar-refractivity contribution in [2.45, 2.75) is 32.6 Å². The van der Waals surface area contributed by atoms with Gasteiger partial charge < -0.3 is 4.57 Å². The molecule has 4 heteroatoms. The van der Waals surface area contributed by atoms with E-state index in [1.54, 1.807) is 6.92 Å². The number of hydrogen-bond acceptors (Lipinski definition) is 2. The summed E-state index contributed by atoms with van der Waals surface area (Å²) in [5, 5.41) is 0. The van der Waals surface area contributed by atoms with Crippen LogP contribution >= 0.6 is 0 Å². The molecule has 1 aromatic carbocycles. The van der Waals surface area contributed by atoms with E-state index in [4.69, 9.17) is 0 Å². The van der Waals surface area contributed by atoms with E-state index < -0.39 is 0 Å². The number of hydrogen-bond donors (Lipinski definition) is 0. The van der Waals surface area contributed by atoms with Gasteiger partial charge in [-0.05, 0) is 38.3 Å². The summed E-state index contributed by atoms with van der Waals surface area (Å²) in [5.74, 6) is 0.764. The molecule has 1 fully saturated rings. The predicted molar refractivity (Wildman–Crippen MR) is 78.5 cm³/mol. The average molecular weight is 252 g/mol. The number of carbonyl (C=O) groups is 1. The number of nitrogens with zero attached hydrogens (tertiary/aromatic N) is 2. The molecule has 0 N–H and O–H groups in total. The highest BCUT2D eigenvalue weighted by Gasteiger charge is 2.26. The zero-order valence-corrected chi connectivity index (χ0v) is 11.6. The molecular weight excluding hydrogens is 235 g/mol. The number of Topliss-reactive ketones (excluding diaryl/α,β-unsaturated/α-hetero) is 1. The Bertz CT molecular complexity index is 656. The van der Waals surface area contributed by atoms with Crippen LogP contribution in [0.5, 0.6) is 0 Å². The van der Waals surface area contributed by atoms with Gasteiger partial charge in [-0.1, -0.05) is 11.5 Å². The summed E-state index contributed by atoms with van der Waals surface area (Å²) < 4.78 is 2.04. The fourth-order valence-corrected chi connectivity index (χ4v) is 2.56. The van der Waals surface area contributed by atoms with E-state index in [9.17, 15) is 4.79 Å². The monoisotopic (exact) mass is 252 g/mol. The highest BCUT2D eigenvalue weighted by atomic mass is 16.1. The van der Waals surface area contributed by atoms with Crippen LogP contribution in [0.2, 0.25) is 0 Å². The van der Waals surface area contributed by atoms with E-state index in [1.807, 2.05) is 24.8 Å². The molecule has 1 aliphatic carbocycles. The van der Waals surface area contributed by atoms with Crippen molar-refractivity contribution in [3.05, 3.63) is 41.5 Å².